The predicted molar refractivity (Wildman–Crippen MR) is 138 cm³/mol. The van der Waals surface area contributed by atoms with E-state index in [9.17, 15) is 18.9 Å². The number of thioether (sulfide) groups is 1. The first-order chi connectivity index (χ1) is 17.7. The minimum Gasteiger partial charge on any atom is -0.493 e. The molecule has 12 heteroatoms. The average molecular weight is 591 g/mol. The van der Waals surface area contributed by atoms with Crippen molar-refractivity contribution in [2.75, 3.05) is 13.7 Å². The van der Waals surface area contributed by atoms with Gasteiger partial charge in [0, 0.05) is 10.6 Å². The van der Waals surface area contributed by atoms with Crippen LogP contribution in [0.2, 0.25) is 0 Å². The molecule has 0 saturated heterocycles. The van der Waals surface area contributed by atoms with E-state index >= 15 is 0 Å². The highest BCUT2D eigenvalue weighted by Gasteiger charge is 2.26. The summed E-state index contributed by atoms with van der Waals surface area (Å²) < 4.78 is 40.6. The first-order valence-electron chi connectivity index (χ1n) is 11.0. The molecule has 37 heavy (non-hydrogen) atoms. The monoisotopic (exact) mass is 590 g/mol. The van der Waals surface area contributed by atoms with Crippen LogP contribution in [0, 0.1) is 28.7 Å². The fourth-order valence-corrected chi connectivity index (χ4v) is 5.36. The van der Waals surface area contributed by atoms with Gasteiger partial charge in [-0.3, -0.25) is 14.7 Å². The molecule has 1 atom stereocenters. The molecule has 0 amide bonds. The van der Waals surface area contributed by atoms with E-state index in [2.05, 4.69) is 26.1 Å². The number of hydrogen-bond donors (Lipinski definition) is 0. The van der Waals surface area contributed by atoms with E-state index in [0.717, 1.165) is 11.8 Å². The van der Waals surface area contributed by atoms with Crippen molar-refractivity contribution in [2.24, 2.45) is 0 Å². The molecular weight excluding hydrogens is 570 g/mol. The number of aryl methyl sites for hydroxylation is 1. The van der Waals surface area contributed by atoms with Crippen LogP contribution in [0.4, 0.5) is 8.78 Å². The molecule has 4 rings (SSSR count). The second kappa shape index (κ2) is 11.7. The number of rotatable bonds is 10. The Labute approximate surface area is 223 Å². The number of methoxy groups -OCH3 is 1. The fraction of sp³-hybridized carbons (Fsp3) is 0.200. The van der Waals surface area contributed by atoms with Gasteiger partial charge in [-0.15, -0.1) is 10.2 Å². The lowest BCUT2D eigenvalue weighted by atomic mass is 10.1. The maximum atomic E-state index is 13.5. The highest BCUT2D eigenvalue weighted by atomic mass is 79.9. The van der Waals surface area contributed by atoms with Crippen molar-refractivity contribution < 1.29 is 23.2 Å². The quantitative estimate of drug-likeness (QED) is 0.121. The van der Waals surface area contributed by atoms with Gasteiger partial charge in [0.2, 0.25) is 6.54 Å². The van der Waals surface area contributed by atoms with Gasteiger partial charge in [0.25, 0.3) is 0 Å². The van der Waals surface area contributed by atoms with E-state index < -0.39 is 16.7 Å². The van der Waals surface area contributed by atoms with Gasteiger partial charge in [-0.05, 0) is 82.5 Å². The number of halogens is 3. The van der Waals surface area contributed by atoms with E-state index in [1.807, 2.05) is 0 Å². The average Bonchev–Trinajstić information content (AvgIpc) is 3.22. The molecule has 4 aromatic rings. The van der Waals surface area contributed by atoms with Gasteiger partial charge in [-0.1, -0.05) is 23.9 Å². The molecule has 0 saturated carbocycles. The van der Waals surface area contributed by atoms with Crippen LogP contribution in [0.1, 0.15) is 22.2 Å². The second-order valence-electron chi connectivity index (χ2n) is 7.92. The Bertz CT molecular complexity index is 1420. The number of benzene rings is 3. The zero-order valence-corrected chi connectivity index (χ0v) is 22.1. The van der Waals surface area contributed by atoms with Crippen molar-refractivity contribution in [1.82, 2.24) is 14.8 Å². The molecule has 1 heterocycles. The smallest absolute Gasteiger partial charge is 0.220 e. The molecule has 0 bridgehead atoms. The molecule has 8 nitrogen and oxygen atoms in total. The first kappa shape index (κ1) is 26.6. The Morgan fingerprint density at radius 3 is 2.54 bits per heavy atom. The molecule has 3 aromatic carbocycles. The lowest BCUT2D eigenvalue weighted by molar-refractivity contribution is -0.479. The Balaban J connectivity index is 1.65. The molecule has 0 spiro atoms. The third-order valence-electron chi connectivity index (χ3n) is 5.34. The van der Waals surface area contributed by atoms with Crippen molar-refractivity contribution in [3.8, 4) is 17.2 Å². The van der Waals surface area contributed by atoms with E-state index in [0.29, 0.717) is 43.8 Å². The Morgan fingerprint density at radius 1 is 1.11 bits per heavy atom. The van der Waals surface area contributed by atoms with Crippen molar-refractivity contribution in [3.63, 3.8) is 0 Å². The van der Waals surface area contributed by atoms with Gasteiger partial charge in [0.1, 0.15) is 29.3 Å². The van der Waals surface area contributed by atoms with Crippen LogP contribution in [-0.4, -0.2) is 33.3 Å². The van der Waals surface area contributed by atoms with Gasteiger partial charge in [0.05, 0.1) is 11.6 Å². The summed E-state index contributed by atoms with van der Waals surface area (Å²) in [6.45, 7) is 1.44. The van der Waals surface area contributed by atoms with Crippen LogP contribution in [-0.2, 0) is 6.61 Å². The molecule has 192 valence electrons. The van der Waals surface area contributed by atoms with Crippen LogP contribution < -0.4 is 9.47 Å². The first-order valence-corrected chi connectivity index (χ1v) is 12.6. The zero-order chi connectivity index (χ0) is 26.5. The third-order valence-corrected chi connectivity index (χ3v) is 7.11. The molecule has 0 aliphatic carbocycles. The molecule has 0 aliphatic rings. The van der Waals surface area contributed by atoms with Crippen LogP contribution in [0.3, 0.4) is 0 Å². The third kappa shape index (κ3) is 6.44. The Hall–Kier alpha value is -3.51. The summed E-state index contributed by atoms with van der Waals surface area (Å²) in [5, 5.41) is 19.6. The van der Waals surface area contributed by atoms with E-state index in [1.54, 1.807) is 47.9 Å². The fourth-order valence-electron chi connectivity index (χ4n) is 3.63. The number of ether oxygens (including phenoxy) is 2. The predicted octanol–water partition coefficient (Wildman–Crippen LogP) is 6.31. The molecule has 0 aliphatic heterocycles. The minimum absolute atomic E-state index is 0.0964. The van der Waals surface area contributed by atoms with Crippen molar-refractivity contribution >= 4 is 27.7 Å². The molecule has 0 fully saturated rings. The lowest BCUT2D eigenvalue weighted by Crippen LogP contribution is -2.12. The highest BCUT2D eigenvalue weighted by molar-refractivity contribution is 9.10. The summed E-state index contributed by atoms with van der Waals surface area (Å²) in [6, 6.07) is 15.2. The largest absolute Gasteiger partial charge is 0.493 e. The number of nitrogens with zero attached hydrogens (tertiary/aromatic N) is 4. The van der Waals surface area contributed by atoms with Gasteiger partial charge in [-0.2, -0.15) is 0 Å². The molecule has 0 unspecified atom stereocenters. The van der Waals surface area contributed by atoms with Crippen molar-refractivity contribution in [1.29, 1.82) is 0 Å². The SMILES string of the molecule is COc1cc([C@@H](C[N+](=O)[O-])Sc2nnc(C)n2-c2ccc(F)cc2)cc(Br)c1OCc1cccc(F)c1. The molecular formula is C25H21BrF2N4O4S. The summed E-state index contributed by atoms with van der Waals surface area (Å²) in [5.74, 6) is 0.530. The Kier molecular flexibility index (Phi) is 8.39. The normalized spacial score (nSPS) is 11.8. The number of aromatic nitrogens is 3. The Morgan fingerprint density at radius 2 is 1.86 bits per heavy atom. The summed E-state index contributed by atoms with van der Waals surface area (Å²) in [6.07, 6.45) is 0. The standard InChI is InChI=1S/C25H21BrF2N4O4S/c1-15-29-30-25(32(15)20-8-6-18(27)7-9-20)37-23(13-31(33)34)17-11-21(26)24(22(12-17)35-2)36-14-16-4-3-5-19(28)10-16/h3-12,23H,13-14H2,1-2H3/t23-/m1/s1. The maximum Gasteiger partial charge on any atom is 0.220 e. The summed E-state index contributed by atoms with van der Waals surface area (Å²) >= 11 is 4.64. The van der Waals surface area contributed by atoms with Crippen molar-refractivity contribution in [2.45, 2.75) is 23.9 Å². The highest BCUT2D eigenvalue weighted by Crippen LogP contribution is 2.43. The van der Waals surface area contributed by atoms with Gasteiger partial charge in [-0.25, -0.2) is 8.78 Å². The van der Waals surface area contributed by atoms with E-state index in [1.165, 1.54) is 31.4 Å². The molecule has 0 N–H and O–H groups in total. The van der Waals surface area contributed by atoms with Gasteiger partial charge < -0.3 is 9.47 Å². The summed E-state index contributed by atoms with van der Waals surface area (Å²) in [7, 11) is 1.46. The van der Waals surface area contributed by atoms with Gasteiger partial charge in [0.15, 0.2) is 16.7 Å². The lowest BCUT2D eigenvalue weighted by Gasteiger charge is -2.18. The topological polar surface area (TPSA) is 92.3 Å². The van der Waals surface area contributed by atoms with Crippen LogP contribution in [0.15, 0.2) is 70.3 Å². The van der Waals surface area contributed by atoms with Crippen LogP contribution in [0.5, 0.6) is 11.5 Å². The summed E-state index contributed by atoms with van der Waals surface area (Å²) in [4.78, 5) is 11.2. The van der Waals surface area contributed by atoms with Crippen molar-refractivity contribution in [3.05, 3.63) is 104 Å². The van der Waals surface area contributed by atoms with E-state index in [-0.39, 0.29) is 18.2 Å². The number of nitro groups is 1. The minimum atomic E-state index is -0.666. The second-order valence-corrected chi connectivity index (χ2v) is 9.94. The maximum absolute atomic E-state index is 13.5. The van der Waals surface area contributed by atoms with E-state index in [4.69, 9.17) is 9.47 Å². The zero-order valence-electron chi connectivity index (χ0n) is 19.7. The molecule has 1 aromatic heterocycles. The van der Waals surface area contributed by atoms with Crippen LogP contribution >= 0.6 is 27.7 Å². The molecule has 0 radical (unpaired) electrons. The number of hydrogen-bond acceptors (Lipinski definition) is 7. The van der Waals surface area contributed by atoms with Crippen LogP contribution in [0.25, 0.3) is 5.69 Å². The van der Waals surface area contributed by atoms with Gasteiger partial charge >= 0.3 is 0 Å². The summed E-state index contributed by atoms with van der Waals surface area (Å²) in [5.41, 5.74) is 1.86.